The lowest BCUT2D eigenvalue weighted by molar-refractivity contribution is 0.172. The Labute approximate surface area is 113 Å². The molecule has 0 atom stereocenters. The molecule has 0 radical (unpaired) electrons. The summed E-state index contributed by atoms with van der Waals surface area (Å²) in [7, 11) is 0. The molecule has 1 aliphatic rings. The van der Waals surface area contributed by atoms with Gasteiger partial charge >= 0.3 is 0 Å². The summed E-state index contributed by atoms with van der Waals surface area (Å²) in [6.07, 6.45) is 0. The number of hydrogen-bond acceptors (Lipinski definition) is 5. The van der Waals surface area contributed by atoms with Crippen LogP contribution in [-0.2, 0) is 0 Å². The first-order valence-corrected chi connectivity index (χ1v) is 6.89. The van der Waals surface area contributed by atoms with Gasteiger partial charge in [0.1, 0.15) is 18.9 Å². The van der Waals surface area contributed by atoms with Crippen LogP contribution < -0.4 is 9.47 Å². The number of nitrogens with zero attached hydrogens (tertiary/aromatic N) is 2. The van der Waals surface area contributed by atoms with Crippen LogP contribution >= 0.6 is 11.3 Å². The number of ether oxygens (including phenoxy) is 2. The number of thiazole rings is 1. The highest BCUT2D eigenvalue weighted by atomic mass is 32.1. The van der Waals surface area contributed by atoms with E-state index >= 15 is 0 Å². The number of aromatic amines is 1. The molecule has 0 fully saturated rings. The van der Waals surface area contributed by atoms with E-state index < -0.39 is 0 Å². The molecule has 0 aliphatic carbocycles. The number of H-pyrrole nitrogens is 1. The van der Waals surface area contributed by atoms with Crippen molar-refractivity contribution in [1.82, 2.24) is 15.0 Å². The van der Waals surface area contributed by atoms with Crippen LogP contribution in [0.5, 0.6) is 11.5 Å². The van der Waals surface area contributed by atoms with Gasteiger partial charge in [0.2, 0.25) is 0 Å². The van der Waals surface area contributed by atoms with Crippen molar-refractivity contribution in [1.29, 1.82) is 0 Å². The molecule has 3 aromatic rings. The maximum Gasteiger partial charge on any atom is 0.163 e. The van der Waals surface area contributed by atoms with E-state index in [4.69, 9.17) is 9.47 Å². The van der Waals surface area contributed by atoms with Crippen molar-refractivity contribution in [2.24, 2.45) is 0 Å². The van der Waals surface area contributed by atoms with Crippen LogP contribution in [0.2, 0.25) is 0 Å². The van der Waals surface area contributed by atoms with E-state index in [0.717, 1.165) is 39.1 Å². The Morgan fingerprint density at radius 3 is 2.68 bits per heavy atom. The second-order valence-corrected chi connectivity index (χ2v) is 5.41. The summed E-state index contributed by atoms with van der Waals surface area (Å²) in [5.74, 6) is 2.30. The summed E-state index contributed by atoms with van der Waals surface area (Å²) in [5.41, 5.74) is 2.67. The highest BCUT2D eigenvalue weighted by Crippen LogP contribution is 2.34. The number of imidazole rings is 1. The number of hydrogen-bond donors (Lipinski definition) is 1. The molecule has 0 amide bonds. The summed E-state index contributed by atoms with van der Waals surface area (Å²) in [6, 6.07) is 3.84. The molecule has 0 bridgehead atoms. The maximum absolute atomic E-state index is 5.56. The molecule has 19 heavy (non-hydrogen) atoms. The van der Waals surface area contributed by atoms with E-state index in [1.165, 1.54) is 0 Å². The third-order valence-electron chi connectivity index (χ3n) is 3.01. The summed E-state index contributed by atoms with van der Waals surface area (Å²) in [6.45, 7) is 3.16. The van der Waals surface area contributed by atoms with Gasteiger partial charge in [-0.3, -0.25) is 0 Å². The van der Waals surface area contributed by atoms with Crippen molar-refractivity contribution in [2.45, 2.75) is 6.92 Å². The lowest BCUT2D eigenvalue weighted by Crippen LogP contribution is -2.15. The summed E-state index contributed by atoms with van der Waals surface area (Å²) >= 11 is 1.61. The average molecular weight is 273 g/mol. The topological polar surface area (TPSA) is 60.0 Å². The second-order valence-electron chi connectivity index (χ2n) is 4.35. The molecular formula is C13H11N3O2S. The van der Waals surface area contributed by atoms with E-state index in [2.05, 4.69) is 15.0 Å². The van der Waals surface area contributed by atoms with Crippen LogP contribution in [0.4, 0.5) is 0 Å². The number of aromatic nitrogens is 3. The average Bonchev–Trinajstić information content (AvgIpc) is 3.01. The first kappa shape index (κ1) is 10.8. The summed E-state index contributed by atoms with van der Waals surface area (Å²) < 4.78 is 11.1. The minimum Gasteiger partial charge on any atom is -0.486 e. The zero-order chi connectivity index (χ0) is 12.8. The van der Waals surface area contributed by atoms with Gasteiger partial charge in [-0.25, -0.2) is 9.97 Å². The molecular weight excluding hydrogens is 262 g/mol. The summed E-state index contributed by atoms with van der Waals surface area (Å²) in [5, 5.41) is 3.03. The first-order valence-electron chi connectivity index (χ1n) is 6.01. The zero-order valence-electron chi connectivity index (χ0n) is 10.3. The van der Waals surface area contributed by atoms with Crippen molar-refractivity contribution in [3.05, 3.63) is 22.5 Å². The van der Waals surface area contributed by atoms with E-state index in [-0.39, 0.29) is 0 Å². The quantitative estimate of drug-likeness (QED) is 0.740. The van der Waals surface area contributed by atoms with Crippen LogP contribution in [0.1, 0.15) is 5.01 Å². The van der Waals surface area contributed by atoms with Crippen LogP contribution in [0.25, 0.3) is 22.6 Å². The van der Waals surface area contributed by atoms with E-state index in [1.54, 1.807) is 11.3 Å². The van der Waals surface area contributed by atoms with Crippen molar-refractivity contribution >= 4 is 22.4 Å². The number of rotatable bonds is 1. The van der Waals surface area contributed by atoms with Crippen LogP contribution in [0.15, 0.2) is 17.5 Å². The molecule has 5 nitrogen and oxygen atoms in total. The van der Waals surface area contributed by atoms with Gasteiger partial charge in [0.15, 0.2) is 17.3 Å². The molecule has 3 heterocycles. The van der Waals surface area contributed by atoms with Gasteiger partial charge in [-0.15, -0.1) is 11.3 Å². The molecule has 2 aromatic heterocycles. The van der Waals surface area contributed by atoms with Crippen LogP contribution in [-0.4, -0.2) is 28.2 Å². The predicted molar refractivity (Wildman–Crippen MR) is 72.9 cm³/mol. The van der Waals surface area contributed by atoms with Gasteiger partial charge in [0, 0.05) is 17.5 Å². The zero-order valence-corrected chi connectivity index (χ0v) is 11.1. The molecule has 0 saturated heterocycles. The second kappa shape index (κ2) is 3.96. The molecule has 1 N–H and O–H groups in total. The molecule has 1 aliphatic heterocycles. The number of nitrogens with one attached hydrogen (secondary N) is 1. The number of benzene rings is 1. The fourth-order valence-corrected chi connectivity index (χ4v) is 2.74. The maximum atomic E-state index is 5.56. The van der Waals surface area contributed by atoms with E-state index in [9.17, 15) is 0 Å². The normalized spacial score (nSPS) is 13.9. The van der Waals surface area contributed by atoms with Crippen LogP contribution in [0, 0.1) is 6.92 Å². The molecule has 0 spiro atoms. The van der Waals surface area contributed by atoms with Gasteiger partial charge in [0.25, 0.3) is 0 Å². The van der Waals surface area contributed by atoms with Gasteiger partial charge in [0.05, 0.1) is 16.0 Å². The van der Waals surface area contributed by atoms with Crippen LogP contribution in [0.3, 0.4) is 0 Å². The molecule has 6 heteroatoms. The Kier molecular flexibility index (Phi) is 2.25. The number of aryl methyl sites for hydroxylation is 1. The third kappa shape index (κ3) is 1.76. The van der Waals surface area contributed by atoms with Gasteiger partial charge in [-0.05, 0) is 6.92 Å². The van der Waals surface area contributed by atoms with Crippen molar-refractivity contribution < 1.29 is 9.47 Å². The molecule has 96 valence electrons. The van der Waals surface area contributed by atoms with Crippen molar-refractivity contribution in [3.63, 3.8) is 0 Å². The highest BCUT2D eigenvalue weighted by Gasteiger charge is 2.15. The largest absolute Gasteiger partial charge is 0.486 e. The Bertz CT molecular complexity index is 719. The Balaban J connectivity index is 1.87. The van der Waals surface area contributed by atoms with Crippen molar-refractivity contribution in [2.75, 3.05) is 13.2 Å². The fraction of sp³-hybridized carbons (Fsp3) is 0.231. The molecule has 0 unspecified atom stereocenters. The fourth-order valence-electron chi connectivity index (χ4n) is 2.14. The number of fused-ring (bicyclic) bond motifs is 2. The standard InChI is InChI=1S/C13H11N3O2S/c1-7-14-10(6-19-7)13-15-8-4-11-12(5-9(8)16-13)18-3-2-17-11/h4-6H,2-3H2,1H3,(H,15,16). The van der Waals surface area contributed by atoms with Gasteiger partial charge in [-0.1, -0.05) is 0 Å². The minimum absolute atomic E-state index is 0.584. The first-order chi connectivity index (χ1) is 9.29. The lowest BCUT2D eigenvalue weighted by Gasteiger charge is -2.17. The van der Waals surface area contributed by atoms with E-state index in [0.29, 0.717) is 13.2 Å². The van der Waals surface area contributed by atoms with Gasteiger partial charge in [-0.2, -0.15) is 0 Å². The minimum atomic E-state index is 0.584. The third-order valence-corrected chi connectivity index (χ3v) is 3.78. The monoisotopic (exact) mass is 273 g/mol. The SMILES string of the molecule is Cc1nc(-c2nc3cc4c(cc3[nH]2)OCCO4)cs1. The summed E-state index contributed by atoms with van der Waals surface area (Å²) in [4.78, 5) is 12.3. The lowest BCUT2D eigenvalue weighted by atomic mass is 10.2. The molecule has 4 rings (SSSR count). The van der Waals surface area contributed by atoms with Crippen molar-refractivity contribution in [3.8, 4) is 23.0 Å². The molecule has 1 aromatic carbocycles. The Morgan fingerprint density at radius 2 is 1.95 bits per heavy atom. The highest BCUT2D eigenvalue weighted by molar-refractivity contribution is 7.09. The smallest absolute Gasteiger partial charge is 0.163 e. The Hall–Kier alpha value is -2.08. The Morgan fingerprint density at radius 1 is 1.16 bits per heavy atom. The predicted octanol–water partition coefficient (Wildman–Crippen LogP) is 2.77. The van der Waals surface area contributed by atoms with Gasteiger partial charge < -0.3 is 14.5 Å². The van der Waals surface area contributed by atoms with E-state index in [1.807, 2.05) is 24.4 Å². The molecule has 0 saturated carbocycles.